The van der Waals surface area contributed by atoms with Crippen molar-refractivity contribution in [3.8, 4) is 0 Å². The monoisotopic (exact) mass is 916 g/mol. The van der Waals surface area contributed by atoms with Crippen LogP contribution in [-0.4, -0.2) is 11.4 Å². The van der Waals surface area contributed by atoms with Crippen LogP contribution in [0.1, 0.15) is 25.0 Å². The Morgan fingerprint density at radius 2 is 0.783 bits per heavy atom. The first kappa shape index (κ1) is 48.8. The normalized spacial score (nSPS) is 17.7. The number of halogens is 2. The van der Waals surface area contributed by atoms with Crippen molar-refractivity contribution in [1.29, 1.82) is 0 Å². The maximum absolute atomic E-state index is 4.53. The van der Waals surface area contributed by atoms with Gasteiger partial charge in [-0.05, 0) is 128 Å². The van der Waals surface area contributed by atoms with E-state index in [1.54, 1.807) is 0 Å². The molecule has 0 heterocycles. The van der Waals surface area contributed by atoms with Gasteiger partial charge in [-0.15, -0.1) is 0 Å². The van der Waals surface area contributed by atoms with Gasteiger partial charge in [0.2, 0.25) is 0 Å². The van der Waals surface area contributed by atoms with Crippen molar-refractivity contribution in [2.75, 3.05) is 0 Å². The SMILES string of the molecule is CC(=Nc1ccc(C)cc1)[C]1[C-][CH][CH][CH]1.CC(=Nc1ccc(C)cc1)[C]1[C-][CH][CH][CH]1.[CH]1[CH][CH][CH][CH]1.[CH]1[CH][CH][CH][CH]1.[ClH+][Pd][ClH+].[Fe].[Fe].[Pd]. The van der Waals surface area contributed by atoms with Crippen molar-refractivity contribution in [2.24, 2.45) is 9.98 Å². The van der Waals surface area contributed by atoms with E-state index in [-0.39, 0.29) is 70.5 Å². The summed E-state index contributed by atoms with van der Waals surface area (Å²) in [6, 6.07) is 16.4. The maximum atomic E-state index is 4.53. The van der Waals surface area contributed by atoms with Crippen LogP contribution in [0, 0.1) is 160 Å². The summed E-state index contributed by atoms with van der Waals surface area (Å²) in [5.74, 6) is 2.13. The number of aryl methyl sites for hydroxylation is 2. The van der Waals surface area contributed by atoms with E-state index in [4.69, 9.17) is 0 Å². The molecule has 46 heavy (non-hydrogen) atoms. The molecule has 0 aromatic heterocycles. The van der Waals surface area contributed by atoms with E-state index in [1.165, 1.54) is 11.1 Å². The molecule has 0 amide bonds. The van der Waals surface area contributed by atoms with Crippen molar-refractivity contribution in [3.05, 3.63) is 187 Å². The van der Waals surface area contributed by atoms with Gasteiger partial charge in [-0.3, -0.25) is 9.98 Å². The summed E-state index contributed by atoms with van der Waals surface area (Å²) in [6.07, 6.45) is 38.1. The second-order valence-electron chi connectivity index (χ2n) is 9.21. The van der Waals surface area contributed by atoms with Crippen molar-refractivity contribution in [2.45, 2.75) is 27.7 Å². The van der Waals surface area contributed by atoms with Crippen LogP contribution in [0.2, 0.25) is 0 Å². The molecule has 0 spiro atoms. The third-order valence-corrected chi connectivity index (χ3v) is 5.75. The van der Waals surface area contributed by atoms with Gasteiger partial charge in [-0.2, -0.15) is 11.8 Å². The molecule has 0 aliphatic heterocycles. The first-order valence-corrected chi connectivity index (χ1v) is 17.9. The number of nitrogens with zero attached hydrogens (tertiary/aromatic N) is 2. The Bertz CT molecular complexity index is 931. The molecule has 0 bridgehead atoms. The molecule has 4 aliphatic rings. The molecule has 0 saturated heterocycles. The molecule has 0 unspecified atom stereocenters. The molecule has 250 valence electrons. The van der Waals surface area contributed by atoms with Gasteiger partial charge in [-0.1, -0.05) is 61.1 Å². The van der Waals surface area contributed by atoms with E-state index in [2.05, 4.69) is 80.0 Å². The third-order valence-electron chi connectivity index (χ3n) is 5.75. The van der Waals surface area contributed by atoms with Crippen LogP contribution < -0.4 is 0 Å². The van der Waals surface area contributed by atoms with Gasteiger partial charge in [0, 0.05) is 54.6 Å². The predicted molar refractivity (Wildman–Crippen MR) is 172 cm³/mol. The number of hydrogen-bond donors (Lipinski definition) is 0. The minimum Gasteiger partial charge on any atom is 0 e. The molecule has 6 rings (SSSR count). The zero-order valence-corrected chi connectivity index (χ0v) is 32.9. The zero-order chi connectivity index (χ0) is 31.1. The third kappa shape index (κ3) is 23.2. The molecule has 0 atom stereocenters. The van der Waals surface area contributed by atoms with Crippen LogP contribution in [0.3, 0.4) is 0 Å². The van der Waals surface area contributed by atoms with Crippen LogP contribution in [0.25, 0.3) is 0 Å². The number of hydrogen-bond acceptors (Lipinski definition) is 2. The second kappa shape index (κ2) is 31.7. The zero-order valence-electron chi connectivity index (χ0n) is 25.9. The molecular weight excluding hydrogens is 880 g/mol. The van der Waals surface area contributed by atoms with Crippen LogP contribution in [-0.2, 0) is 70.5 Å². The Kier molecular flexibility index (Phi) is 33.6. The minimum absolute atomic E-state index is 0. The second-order valence-corrected chi connectivity index (χ2v) is 12.0. The molecule has 2 nitrogen and oxygen atoms in total. The average molecular weight is 918 g/mol. The summed E-state index contributed by atoms with van der Waals surface area (Å²) in [6.45, 7) is 8.16. The van der Waals surface area contributed by atoms with Crippen molar-refractivity contribution in [3.63, 3.8) is 0 Å². The van der Waals surface area contributed by atoms with Crippen LogP contribution in [0.5, 0.6) is 0 Å². The van der Waals surface area contributed by atoms with E-state index >= 15 is 0 Å². The fourth-order valence-corrected chi connectivity index (χ4v) is 3.50. The summed E-state index contributed by atoms with van der Waals surface area (Å²) in [7, 11) is 8.52. The summed E-state index contributed by atoms with van der Waals surface area (Å²) in [5, 5.41) is 0. The van der Waals surface area contributed by atoms with Gasteiger partial charge in [0.15, 0.2) is 0 Å². The Morgan fingerprint density at radius 1 is 0.522 bits per heavy atom. The van der Waals surface area contributed by atoms with Gasteiger partial charge in [0.1, 0.15) is 0 Å². The summed E-state index contributed by atoms with van der Waals surface area (Å²) in [4.78, 5) is 9.06. The molecule has 20 radical (unpaired) electrons. The standard InChI is InChI=1S/2C14H13N.2C5H5.2ClH.2Fe.2Pd/c2*1-11-7-9-14(10-8-11)15-12(2)13-5-3-4-6-13;2*1-2-4-5-3-1;;;;;;/h2*3-5,7-10H,1-2H3;2*1-5H;2*1H;;;;/q2*-1;;;;;;;;+2. The fraction of sp³-hybridized carbons (Fsp3) is 0.105. The Hall–Kier alpha value is 0.724. The maximum Gasteiger partial charge on any atom is 0 e. The van der Waals surface area contributed by atoms with Crippen molar-refractivity contribution in [1.82, 2.24) is 0 Å². The first-order valence-electron chi connectivity index (χ1n) is 13.6. The average Bonchev–Trinajstić information content (AvgIpc) is 3.86. The van der Waals surface area contributed by atoms with Gasteiger partial charge >= 0.3 is 35.0 Å². The van der Waals surface area contributed by atoms with Gasteiger partial charge in [0.25, 0.3) is 0 Å². The smallest absolute Gasteiger partial charge is 0 e. The summed E-state index contributed by atoms with van der Waals surface area (Å²) in [5.41, 5.74) is 6.51. The molecular formula is C38H38Cl2Fe2N2Pd2. The molecule has 4 saturated carbocycles. The number of aliphatic imine (C=N–C) groups is 2. The number of rotatable bonds is 4. The topological polar surface area (TPSA) is 24.7 Å². The fourth-order valence-electron chi connectivity index (χ4n) is 3.50. The molecule has 8 heteroatoms. The van der Waals surface area contributed by atoms with Gasteiger partial charge in [-0.25, -0.2) is 12.8 Å². The first-order chi connectivity index (χ1) is 20.9. The number of benzene rings is 2. The quantitative estimate of drug-likeness (QED) is 0.168. The largest absolute Gasteiger partial charge is 0 e. The Labute approximate surface area is 334 Å². The van der Waals surface area contributed by atoms with E-state index in [0.29, 0.717) is 0 Å². The summed E-state index contributed by atoms with van der Waals surface area (Å²) < 4.78 is 0. The van der Waals surface area contributed by atoms with Crippen molar-refractivity contribution >= 4 is 22.8 Å². The van der Waals surface area contributed by atoms with Crippen LogP contribution in [0.15, 0.2) is 58.5 Å². The minimum atomic E-state index is 0. The van der Waals surface area contributed by atoms with Gasteiger partial charge < -0.3 is 12.8 Å². The van der Waals surface area contributed by atoms with E-state index in [0.717, 1.165) is 34.6 Å². The van der Waals surface area contributed by atoms with E-state index < -0.39 is 0 Å². The van der Waals surface area contributed by atoms with Crippen LogP contribution in [0.4, 0.5) is 11.4 Å². The Morgan fingerprint density at radius 3 is 1.00 bits per heavy atom. The van der Waals surface area contributed by atoms with Crippen LogP contribution >= 0.6 is 0 Å². The summed E-state index contributed by atoms with van der Waals surface area (Å²) >= 11 is 0.117. The van der Waals surface area contributed by atoms with E-state index in [1.807, 2.05) is 141 Å². The predicted octanol–water partition coefficient (Wildman–Crippen LogP) is 8.24. The van der Waals surface area contributed by atoms with Gasteiger partial charge in [0.05, 0.1) is 11.4 Å². The molecule has 4 aliphatic carbocycles. The molecule has 0 N–H and O–H groups in total. The molecule has 4 fully saturated rings. The van der Waals surface area contributed by atoms with Crippen molar-refractivity contribution < 1.29 is 89.6 Å². The van der Waals surface area contributed by atoms with E-state index in [9.17, 15) is 0 Å². The Balaban J connectivity index is 0. The molecule has 2 aromatic rings. The molecule has 2 aromatic carbocycles.